The molecule has 0 N–H and O–H groups in total. The fourth-order valence-corrected chi connectivity index (χ4v) is 0. The zero-order valence-corrected chi connectivity index (χ0v) is 8.54. The van der Waals surface area contributed by atoms with E-state index in [-0.39, 0.29) is 97.9 Å². The summed E-state index contributed by atoms with van der Waals surface area (Å²) in [5.74, 6) is 0. The van der Waals surface area contributed by atoms with Crippen molar-refractivity contribution in [3.8, 4) is 0 Å². The van der Waals surface area contributed by atoms with Gasteiger partial charge >= 0.3 is 70.9 Å². The van der Waals surface area contributed by atoms with Crippen molar-refractivity contribution in [1.29, 1.82) is 0 Å². The van der Waals surface area contributed by atoms with Crippen LogP contribution in [0.3, 0.4) is 0 Å². The van der Waals surface area contributed by atoms with Crippen LogP contribution in [0, 0.1) is 0 Å². The molecule has 0 aliphatic rings. The van der Waals surface area contributed by atoms with Crippen molar-refractivity contribution >= 4 is 27.0 Å². The van der Waals surface area contributed by atoms with Crippen LogP contribution in [0.5, 0.6) is 0 Å². The van der Waals surface area contributed by atoms with Crippen LogP contribution < -0.4 is 51.4 Å². The molecule has 0 radical (unpaired) electrons. The molecule has 0 atom stereocenters. The van der Waals surface area contributed by atoms with Gasteiger partial charge in [-0.05, 0) is 0 Å². The zero-order chi connectivity index (χ0) is 0. The summed E-state index contributed by atoms with van der Waals surface area (Å²) in [6.07, 6.45) is 0. The molecule has 0 rings (SSSR count). The molecule has 0 amide bonds. The molecule has 0 aliphatic carbocycles. The third-order valence-corrected chi connectivity index (χ3v) is 0. The summed E-state index contributed by atoms with van der Waals surface area (Å²) in [4.78, 5) is 0. The first-order valence-corrected chi connectivity index (χ1v) is 0. The molecule has 0 unspecified atom stereocenters. The second-order valence-electron chi connectivity index (χ2n) is 0. The molecule has 0 aromatic carbocycles. The quantitative estimate of drug-likeness (QED) is 0.370. The van der Waals surface area contributed by atoms with E-state index >= 15 is 0 Å². The molecular formula is KRhS2. The van der Waals surface area contributed by atoms with E-state index in [1.165, 1.54) is 0 Å². The fourth-order valence-electron chi connectivity index (χ4n) is 0. The number of hydrogen-bond donors (Lipinski definition) is 0. The molecule has 4 heteroatoms. The van der Waals surface area contributed by atoms with Gasteiger partial charge in [-0.25, -0.2) is 0 Å². The van der Waals surface area contributed by atoms with Crippen LogP contribution in [0.2, 0.25) is 0 Å². The summed E-state index contributed by atoms with van der Waals surface area (Å²) in [7, 11) is 0. The van der Waals surface area contributed by atoms with E-state index < -0.39 is 0 Å². The van der Waals surface area contributed by atoms with E-state index in [0.717, 1.165) is 0 Å². The third kappa shape index (κ3) is 8.88. The van der Waals surface area contributed by atoms with Crippen LogP contribution in [-0.2, 0) is 46.5 Å². The van der Waals surface area contributed by atoms with Gasteiger partial charge in [0.15, 0.2) is 0 Å². The summed E-state index contributed by atoms with van der Waals surface area (Å²) in [6, 6.07) is 0. The van der Waals surface area contributed by atoms with Crippen molar-refractivity contribution in [3.05, 3.63) is 0 Å². The molecule has 0 saturated carbocycles. The molecule has 0 nitrogen and oxygen atoms in total. The van der Waals surface area contributed by atoms with Crippen LogP contribution in [0.1, 0.15) is 0 Å². The van der Waals surface area contributed by atoms with Crippen molar-refractivity contribution in [2.24, 2.45) is 0 Å². The van der Waals surface area contributed by atoms with Gasteiger partial charge in [-0.1, -0.05) is 0 Å². The van der Waals surface area contributed by atoms with Gasteiger partial charge in [0.2, 0.25) is 0 Å². The first-order chi connectivity index (χ1) is 0. The molecule has 4 heavy (non-hydrogen) atoms. The number of hydrogen-bond acceptors (Lipinski definition) is 0. The Kier molecular flexibility index (Phi) is 118. The fraction of sp³-hybridized carbons (Fsp3) is 0. The normalized spacial score (nSPS) is 0. The smallest absolute Gasteiger partial charge is 2.00 e. The Labute approximate surface area is 95.6 Å². The molecule has 0 aromatic rings. The minimum Gasteiger partial charge on any atom is -2.00 e. The van der Waals surface area contributed by atoms with Gasteiger partial charge in [0.1, 0.15) is 0 Å². The number of rotatable bonds is 0. The molecule has 0 bridgehead atoms. The van der Waals surface area contributed by atoms with E-state index in [9.17, 15) is 0 Å². The Balaban J connectivity index is 0. The van der Waals surface area contributed by atoms with Crippen molar-refractivity contribution in [3.63, 3.8) is 0 Å². The Morgan fingerprint density at radius 2 is 0.750 bits per heavy atom. The molecule has 0 spiro atoms. The van der Waals surface area contributed by atoms with Crippen LogP contribution in [0.15, 0.2) is 0 Å². The van der Waals surface area contributed by atoms with Crippen LogP contribution in [-0.4, -0.2) is 0 Å². The van der Waals surface area contributed by atoms with E-state index in [4.69, 9.17) is 0 Å². The minimum absolute atomic E-state index is 0. The van der Waals surface area contributed by atoms with Crippen LogP contribution in [0.25, 0.3) is 0 Å². The second-order valence-corrected chi connectivity index (χ2v) is 0. The van der Waals surface area contributed by atoms with Gasteiger partial charge < -0.3 is 27.0 Å². The Morgan fingerprint density at radius 3 is 0.750 bits per heavy atom. The third-order valence-electron chi connectivity index (χ3n) is 0. The first-order valence-electron chi connectivity index (χ1n) is 0. The van der Waals surface area contributed by atoms with Crippen molar-refractivity contribution in [2.75, 3.05) is 0 Å². The van der Waals surface area contributed by atoms with E-state index in [2.05, 4.69) is 0 Å². The average molecular weight is 206 g/mol. The van der Waals surface area contributed by atoms with Crippen LogP contribution in [0.4, 0.5) is 0 Å². The first kappa shape index (κ1) is 28.2. The maximum absolute atomic E-state index is 0. The maximum atomic E-state index is 0. The molecule has 0 fully saturated rings. The largest absolute Gasteiger partial charge is 3.00 e. The van der Waals surface area contributed by atoms with E-state index in [0.29, 0.717) is 0 Å². The Morgan fingerprint density at radius 1 is 0.750 bits per heavy atom. The van der Waals surface area contributed by atoms with E-state index in [1.807, 2.05) is 0 Å². The van der Waals surface area contributed by atoms with Gasteiger partial charge in [-0.2, -0.15) is 0 Å². The standard InChI is InChI=1S/K.Rh.2S/q+1;+3;2*-2. The minimum atomic E-state index is 0. The summed E-state index contributed by atoms with van der Waals surface area (Å²) in [5.41, 5.74) is 0. The Hall–Kier alpha value is 2.96. The molecule has 0 aliphatic heterocycles. The van der Waals surface area contributed by atoms with Gasteiger partial charge in [-0.15, -0.1) is 0 Å². The van der Waals surface area contributed by atoms with Crippen molar-refractivity contribution in [1.82, 2.24) is 0 Å². The van der Waals surface area contributed by atoms with Gasteiger partial charge in [0.05, 0.1) is 0 Å². The molecule has 0 saturated heterocycles. The summed E-state index contributed by atoms with van der Waals surface area (Å²) in [5, 5.41) is 0. The SMILES string of the molecule is [K+].[Rh+3].[S-2].[S-2]. The zero-order valence-electron chi connectivity index (χ0n) is 2.15. The van der Waals surface area contributed by atoms with Gasteiger partial charge in [-0.3, -0.25) is 0 Å². The van der Waals surface area contributed by atoms with Gasteiger partial charge in [0.25, 0.3) is 0 Å². The summed E-state index contributed by atoms with van der Waals surface area (Å²) in [6.45, 7) is 0. The van der Waals surface area contributed by atoms with Crippen molar-refractivity contribution in [2.45, 2.75) is 0 Å². The predicted molar refractivity (Wildman–Crippen MR) is 14.7 cm³/mol. The predicted octanol–water partition coefficient (Wildman–Crippen LogP) is -3.00. The molecule has 0 heterocycles. The van der Waals surface area contributed by atoms with Crippen LogP contribution >= 0.6 is 0 Å². The average Bonchev–Trinajstić information content (AvgIpc) is 0. The Bertz CT molecular complexity index is 6.00. The van der Waals surface area contributed by atoms with Crippen molar-refractivity contribution < 1.29 is 70.9 Å². The summed E-state index contributed by atoms with van der Waals surface area (Å²) < 4.78 is 0. The monoisotopic (exact) mass is 206 g/mol. The topological polar surface area (TPSA) is 0 Å². The van der Waals surface area contributed by atoms with E-state index in [1.54, 1.807) is 0 Å². The summed E-state index contributed by atoms with van der Waals surface area (Å²) >= 11 is 0. The molecule has 22 valence electrons. The molecule has 0 aromatic heterocycles. The van der Waals surface area contributed by atoms with Gasteiger partial charge in [0, 0.05) is 0 Å². The maximum Gasteiger partial charge on any atom is 3.00 e. The molecular weight excluding hydrogens is 206 g/mol. The second kappa shape index (κ2) is 16.7.